The van der Waals surface area contributed by atoms with Crippen LogP contribution in [0.3, 0.4) is 0 Å². The van der Waals surface area contributed by atoms with Crippen molar-refractivity contribution in [2.75, 3.05) is 6.54 Å². The van der Waals surface area contributed by atoms with E-state index in [9.17, 15) is 0 Å². The summed E-state index contributed by atoms with van der Waals surface area (Å²) in [6.07, 6.45) is 4.18. The molecule has 0 amide bonds. The van der Waals surface area contributed by atoms with Crippen LogP contribution in [0.5, 0.6) is 0 Å². The molecule has 1 unspecified atom stereocenters. The first-order chi connectivity index (χ1) is 4.25. The maximum Gasteiger partial charge on any atom is 0.113 e. The van der Waals surface area contributed by atoms with E-state index in [0.717, 1.165) is 6.54 Å². The second-order valence-corrected chi connectivity index (χ2v) is 2.50. The third-order valence-corrected chi connectivity index (χ3v) is 2.00. The first-order valence-corrected chi connectivity index (χ1v) is 3.47. The summed E-state index contributed by atoms with van der Waals surface area (Å²) in [5.41, 5.74) is 0. The van der Waals surface area contributed by atoms with Crippen molar-refractivity contribution >= 4 is 11.8 Å². The van der Waals surface area contributed by atoms with E-state index in [1.807, 2.05) is 12.4 Å². The summed E-state index contributed by atoms with van der Waals surface area (Å²) in [5, 5.41) is 0. The number of hydrogen-bond acceptors (Lipinski definition) is 2. The van der Waals surface area contributed by atoms with Gasteiger partial charge in [0.2, 0.25) is 0 Å². The Bertz CT molecular complexity index is 124. The van der Waals surface area contributed by atoms with Crippen LogP contribution in [-0.2, 0) is 0 Å². The second kappa shape index (κ2) is 2.48. The molecular formula is C6H11ClN2. The highest BCUT2D eigenvalue weighted by Gasteiger charge is 2.17. The van der Waals surface area contributed by atoms with Crippen molar-refractivity contribution in [3.8, 4) is 0 Å². The lowest BCUT2D eigenvalue weighted by molar-refractivity contribution is 0.249. The molecule has 0 radical (unpaired) electrons. The molecule has 0 N–H and O–H groups in total. The molecule has 0 fully saturated rings. The Morgan fingerprint density at radius 3 is 2.44 bits per heavy atom. The van der Waals surface area contributed by atoms with Crippen LogP contribution in [0, 0.1) is 0 Å². The molecule has 0 aromatic rings. The highest BCUT2D eigenvalue weighted by Crippen LogP contribution is 2.15. The lowest BCUT2D eigenvalue weighted by atomic mass is 10.5. The van der Waals surface area contributed by atoms with E-state index in [4.69, 9.17) is 11.8 Å². The zero-order valence-electron chi connectivity index (χ0n) is 5.71. The zero-order valence-corrected chi connectivity index (χ0v) is 6.47. The van der Waals surface area contributed by atoms with Crippen LogP contribution in [0.25, 0.3) is 0 Å². The number of nitrogens with zero attached hydrogens (tertiary/aromatic N) is 2. The molecule has 0 saturated heterocycles. The third kappa shape index (κ3) is 1.13. The van der Waals surface area contributed by atoms with Gasteiger partial charge in [0.25, 0.3) is 0 Å². The van der Waals surface area contributed by atoms with Gasteiger partial charge < -0.3 is 4.90 Å². The third-order valence-electron chi connectivity index (χ3n) is 1.60. The number of halogens is 1. The molecule has 3 heteroatoms. The van der Waals surface area contributed by atoms with Gasteiger partial charge in [0, 0.05) is 30.7 Å². The van der Waals surface area contributed by atoms with Crippen LogP contribution in [-0.4, -0.2) is 22.0 Å². The van der Waals surface area contributed by atoms with Gasteiger partial charge in [-0.15, -0.1) is 0 Å². The zero-order chi connectivity index (χ0) is 6.85. The van der Waals surface area contributed by atoms with Crippen LogP contribution in [0.1, 0.15) is 13.8 Å². The standard InChI is InChI=1S/C6H11ClN2/c1-3-8-4-5-9(7)6(8)2/h4-6H,3H2,1-2H3. The van der Waals surface area contributed by atoms with E-state index >= 15 is 0 Å². The summed E-state index contributed by atoms with van der Waals surface area (Å²) in [4.78, 5) is 2.16. The van der Waals surface area contributed by atoms with Crippen LogP contribution >= 0.6 is 11.8 Å². The van der Waals surface area contributed by atoms with Gasteiger partial charge in [0.05, 0.1) is 0 Å². The molecule has 0 aromatic heterocycles. The first kappa shape index (κ1) is 6.75. The van der Waals surface area contributed by atoms with Crippen molar-refractivity contribution in [1.29, 1.82) is 0 Å². The molecule has 0 aromatic carbocycles. The molecule has 52 valence electrons. The topological polar surface area (TPSA) is 6.48 Å². The summed E-state index contributed by atoms with van der Waals surface area (Å²) in [6.45, 7) is 5.19. The van der Waals surface area contributed by atoms with E-state index in [1.54, 1.807) is 4.42 Å². The minimum absolute atomic E-state index is 0.316. The van der Waals surface area contributed by atoms with Gasteiger partial charge in [-0.05, 0) is 13.8 Å². The van der Waals surface area contributed by atoms with Crippen molar-refractivity contribution in [2.45, 2.75) is 20.0 Å². The maximum atomic E-state index is 5.74. The summed E-state index contributed by atoms with van der Waals surface area (Å²) in [7, 11) is 0. The van der Waals surface area contributed by atoms with E-state index < -0.39 is 0 Å². The molecule has 1 rings (SSSR count). The number of hydrogen-bond donors (Lipinski definition) is 0. The van der Waals surface area contributed by atoms with Crippen LogP contribution in [0.2, 0.25) is 0 Å². The lowest BCUT2D eigenvalue weighted by Crippen LogP contribution is -2.30. The van der Waals surface area contributed by atoms with Crippen LogP contribution in [0.15, 0.2) is 12.4 Å². The molecule has 1 heterocycles. The molecule has 0 saturated carbocycles. The lowest BCUT2D eigenvalue weighted by Gasteiger charge is -2.23. The average Bonchev–Trinajstić information content (AvgIpc) is 2.15. The molecule has 2 nitrogen and oxygen atoms in total. The van der Waals surface area contributed by atoms with Crippen molar-refractivity contribution in [1.82, 2.24) is 9.32 Å². The fourth-order valence-corrected chi connectivity index (χ4v) is 1.07. The predicted molar refractivity (Wildman–Crippen MR) is 38.7 cm³/mol. The fourth-order valence-electron chi connectivity index (χ4n) is 0.910. The van der Waals surface area contributed by atoms with E-state index in [0.29, 0.717) is 6.17 Å². The van der Waals surface area contributed by atoms with Crippen LogP contribution < -0.4 is 0 Å². The summed E-state index contributed by atoms with van der Waals surface area (Å²) < 4.78 is 1.67. The average molecular weight is 147 g/mol. The van der Waals surface area contributed by atoms with Gasteiger partial charge in [0.15, 0.2) is 0 Å². The smallest absolute Gasteiger partial charge is 0.113 e. The molecule has 9 heavy (non-hydrogen) atoms. The molecule has 0 aliphatic carbocycles. The van der Waals surface area contributed by atoms with Gasteiger partial charge in [0.1, 0.15) is 6.17 Å². The fraction of sp³-hybridized carbons (Fsp3) is 0.667. The quantitative estimate of drug-likeness (QED) is 0.519. The van der Waals surface area contributed by atoms with Gasteiger partial charge >= 0.3 is 0 Å². The van der Waals surface area contributed by atoms with Crippen molar-refractivity contribution in [3.05, 3.63) is 12.4 Å². The normalized spacial score (nSPS) is 25.9. The summed E-state index contributed by atoms with van der Waals surface area (Å²) in [6, 6.07) is 0. The molecular weight excluding hydrogens is 136 g/mol. The van der Waals surface area contributed by atoms with Gasteiger partial charge in [-0.2, -0.15) is 0 Å². The minimum Gasteiger partial charge on any atom is -0.355 e. The Morgan fingerprint density at radius 1 is 1.56 bits per heavy atom. The van der Waals surface area contributed by atoms with E-state index in [1.165, 1.54) is 0 Å². The number of rotatable bonds is 1. The summed E-state index contributed by atoms with van der Waals surface area (Å²) in [5.74, 6) is 0. The Morgan fingerprint density at radius 2 is 2.22 bits per heavy atom. The highest BCUT2D eigenvalue weighted by molar-refractivity contribution is 6.14. The largest absolute Gasteiger partial charge is 0.355 e. The molecule has 0 spiro atoms. The molecule has 1 aliphatic heterocycles. The monoisotopic (exact) mass is 146 g/mol. The van der Waals surface area contributed by atoms with Crippen molar-refractivity contribution in [3.63, 3.8) is 0 Å². The van der Waals surface area contributed by atoms with Gasteiger partial charge in [-0.3, -0.25) is 4.42 Å². The Labute approximate surface area is 60.8 Å². The Balaban J connectivity index is 2.51. The van der Waals surface area contributed by atoms with Crippen molar-refractivity contribution < 1.29 is 0 Å². The second-order valence-electron chi connectivity index (χ2n) is 2.10. The van der Waals surface area contributed by atoms with Crippen LogP contribution in [0.4, 0.5) is 0 Å². The predicted octanol–water partition coefficient (Wildman–Crippen LogP) is 1.59. The Hall–Kier alpha value is -0.370. The van der Waals surface area contributed by atoms with E-state index in [2.05, 4.69) is 18.7 Å². The van der Waals surface area contributed by atoms with Gasteiger partial charge in [-0.1, -0.05) is 0 Å². The SMILES string of the molecule is CCN1C=CN(Cl)C1C. The molecule has 1 aliphatic rings. The molecule has 1 atom stereocenters. The highest BCUT2D eigenvalue weighted by atomic mass is 35.5. The first-order valence-electron chi connectivity index (χ1n) is 3.14. The molecule has 0 bridgehead atoms. The summed E-state index contributed by atoms with van der Waals surface area (Å²) >= 11 is 5.74. The van der Waals surface area contributed by atoms with E-state index in [-0.39, 0.29) is 0 Å². The Kier molecular flexibility index (Phi) is 1.86. The minimum atomic E-state index is 0.316. The maximum absolute atomic E-state index is 5.74. The van der Waals surface area contributed by atoms with Crippen molar-refractivity contribution in [2.24, 2.45) is 0 Å². The van der Waals surface area contributed by atoms with Gasteiger partial charge in [-0.25, -0.2) is 0 Å².